The average molecular weight is 330 g/mol. The van der Waals surface area contributed by atoms with Crippen LogP contribution in [0, 0.1) is 0 Å². The normalized spacial score (nSPS) is 11.8. The first-order valence-corrected chi connectivity index (χ1v) is 8.17. The highest BCUT2D eigenvalue weighted by atomic mass is 35.5. The van der Waals surface area contributed by atoms with Gasteiger partial charge < -0.3 is 9.88 Å². The zero-order valence-corrected chi connectivity index (χ0v) is 14.5. The number of nitrogens with zero attached hydrogens (tertiary/aromatic N) is 2. The van der Waals surface area contributed by atoms with E-state index in [2.05, 4.69) is 9.97 Å². The maximum Gasteiger partial charge on any atom is 0.254 e. The zero-order valence-electron chi connectivity index (χ0n) is 13.7. The molecule has 0 spiro atoms. The number of carbonyl (C=O) groups excluding carboxylic acids is 1. The van der Waals surface area contributed by atoms with Crippen molar-refractivity contribution < 1.29 is 4.79 Å². The van der Waals surface area contributed by atoms with Gasteiger partial charge in [0.15, 0.2) is 0 Å². The van der Waals surface area contributed by atoms with E-state index in [4.69, 9.17) is 11.6 Å². The van der Waals surface area contributed by atoms with Crippen molar-refractivity contribution in [2.24, 2.45) is 0 Å². The highest BCUT2D eigenvalue weighted by Gasteiger charge is 2.22. The van der Waals surface area contributed by atoms with Crippen molar-refractivity contribution in [2.45, 2.75) is 39.8 Å². The molecule has 0 aliphatic rings. The van der Waals surface area contributed by atoms with Crippen LogP contribution in [0.5, 0.6) is 0 Å². The molecule has 5 heteroatoms. The van der Waals surface area contributed by atoms with E-state index >= 15 is 0 Å². The van der Waals surface area contributed by atoms with Gasteiger partial charge in [-0.1, -0.05) is 11.6 Å². The second-order valence-corrected chi connectivity index (χ2v) is 6.70. The van der Waals surface area contributed by atoms with Gasteiger partial charge in [-0.15, -0.1) is 0 Å². The second kappa shape index (κ2) is 5.85. The Bertz CT molecular complexity index is 874. The van der Waals surface area contributed by atoms with E-state index < -0.39 is 0 Å². The third-order valence-electron chi connectivity index (χ3n) is 4.02. The summed E-state index contributed by atoms with van der Waals surface area (Å²) in [6.07, 6.45) is 0. The highest BCUT2D eigenvalue weighted by molar-refractivity contribution is 6.30. The van der Waals surface area contributed by atoms with Crippen LogP contribution in [0.2, 0.25) is 5.15 Å². The molecule has 120 valence electrons. The van der Waals surface area contributed by atoms with E-state index in [1.54, 1.807) is 6.07 Å². The Hall–Kier alpha value is -2.07. The fraction of sp³-hybridized carbons (Fsp3) is 0.333. The fourth-order valence-electron chi connectivity index (χ4n) is 3.10. The number of pyridine rings is 1. The SMILES string of the molecule is CC(C)N(C(=O)c1ccc2[nH]c3nc(Cl)ccc3c2c1)C(C)C. The van der Waals surface area contributed by atoms with Gasteiger partial charge in [0.1, 0.15) is 10.8 Å². The summed E-state index contributed by atoms with van der Waals surface area (Å²) in [6, 6.07) is 9.73. The molecule has 3 aromatic rings. The summed E-state index contributed by atoms with van der Waals surface area (Å²) in [6.45, 7) is 8.14. The number of amides is 1. The third kappa shape index (κ3) is 2.79. The molecule has 0 aliphatic heterocycles. The Labute approximate surface area is 140 Å². The summed E-state index contributed by atoms with van der Waals surface area (Å²) >= 11 is 5.95. The Morgan fingerprint density at radius 3 is 2.43 bits per heavy atom. The lowest BCUT2D eigenvalue weighted by Crippen LogP contribution is -2.42. The van der Waals surface area contributed by atoms with Crippen molar-refractivity contribution in [1.82, 2.24) is 14.9 Å². The van der Waals surface area contributed by atoms with Gasteiger partial charge in [0.25, 0.3) is 5.91 Å². The van der Waals surface area contributed by atoms with Gasteiger partial charge in [0.05, 0.1) is 0 Å². The van der Waals surface area contributed by atoms with Gasteiger partial charge in [-0.2, -0.15) is 0 Å². The molecule has 2 aromatic heterocycles. The van der Waals surface area contributed by atoms with E-state index in [-0.39, 0.29) is 18.0 Å². The number of benzene rings is 1. The van der Waals surface area contributed by atoms with E-state index in [0.717, 1.165) is 21.9 Å². The van der Waals surface area contributed by atoms with Gasteiger partial charge in [-0.3, -0.25) is 4.79 Å². The molecule has 0 saturated heterocycles. The summed E-state index contributed by atoms with van der Waals surface area (Å²) in [7, 11) is 0. The molecule has 2 heterocycles. The molecule has 0 fully saturated rings. The summed E-state index contributed by atoms with van der Waals surface area (Å²) in [4.78, 5) is 22.3. The number of fused-ring (bicyclic) bond motifs is 3. The molecule has 23 heavy (non-hydrogen) atoms. The summed E-state index contributed by atoms with van der Waals surface area (Å²) in [5, 5.41) is 2.41. The highest BCUT2D eigenvalue weighted by Crippen LogP contribution is 2.27. The van der Waals surface area contributed by atoms with Crippen LogP contribution in [-0.2, 0) is 0 Å². The van der Waals surface area contributed by atoms with Crippen molar-refractivity contribution >= 4 is 39.4 Å². The van der Waals surface area contributed by atoms with Crippen LogP contribution in [0.4, 0.5) is 0 Å². The first-order chi connectivity index (χ1) is 10.9. The van der Waals surface area contributed by atoms with E-state index in [1.165, 1.54) is 0 Å². The van der Waals surface area contributed by atoms with Crippen molar-refractivity contribution in [3.05, 3.63) is 41.0 Å². The number of H-pyrrole nitrogens is 1. The molecular formula is C18H20ClN3O. The largest absolute Gasteiger partial charge is 0.339 e. The molecule has 4 nitrogen and oxygen atoms in total. The Balaban J connectivity index is 2.12. The minimum Gasteiger partial charge on any atom is -0.339 e. The average Bonchev–Trinajstić information content (AvgIpc) is 2.82. The minimum atomic E-state index is 0.0492. The smallest absolute Gasteiger partial charge is 0.254 e. The van der Waals surface area contributed by atoms with Crippen LogP contribution in [0.1, 0.15) is 38.1 Å². The van der Waals surface area contributed by atoms with Crippen molar-refractivity contribution in [2.75, 3.05) is 0 Å². The standard InChI is InChI=1S/C18H20ClN3O/c1-10(2)22(11(3)4)18(23)12-5-7-15-14(9-12)13-6-8-16(19)21-17(13)20-15/h5-11H,1-4H3,(H,20,21). The lowest BCUT2D eigenvalue weighted by atomic mass is 10.1. The number of halogens is 1. The number of hydrogen-bond donors (Lipinski definition) is 1. The molecule has 1 aromatic carbocycles. The second-order valence-electron chi connectivity index (χ2n) is 6.32. The van der Waals surface area contributed by atoms with E-state index in [9.17, 15) is 4.79 Å². The topological polar surface area (TPSA) is 49.0 Å². The molecule has 1 amide bonds. The van der Waals surface area contributed by atoms with Gasteiger partial charge >= 0.3 is 0 Å². The summed E-state index contributed by atoms with van der Waals surface area (Å²) < 4.78 is 0. The molecule has 0 atom stereocenters. The Kier molecular flexibility index (Phi) is 4.02. The van der Waals surface area contributed by atoms with E-state index in [1.807, 2.05) is 56.9 Å². The number of aromatic amines is 1. The Morgan fingerprint density at radius 1 is 1.09 bits per heavy atom. The maximum absolute atomic E-state index is 12.9. The first kappa shape index (κ1) is 15.8. The number of rotatable bonds is 3. The van der Waals surface area contributed by atoms with Crippen LogP contribution in [0.15, 0.2) is 30.3 Å². The van der Waals surface area contributed by atoms with Crippen LogP contribution in [0.3, 0.4) is 0 Å². The van der Waals surface area contributed by atoms with Crippen LogP contribution in [-0.4, -0.2) is 32.9 Å². The minimum absolute atomic E-state index is 0.0492. The molecule has 0 bridgehead atoms. The van der Waals surface area contributed by atoms with Gasteiger partial charge in [-0.05, 0) is 58.0 Å². The van der Waals surface area contributed by atoms with Gasteiger partial charge in [0.2, 0.25) is 0 Å². The number of nitrogens with one attached hydrogen (secondary N) is 1. The fourth-order valence-corrected chi connectivity index (χ4v) is 3.25. The zero-order chi connectivity index (χ0) is 16.7. The molecule has 1 N–H and O–H groups in total. The first-order valence-electron chi connectivity index (χ1n) is 7.79. The van der Waals surface area contributed by atoms with E-state index in [0.29, 0.717) is 10.7 Å². The van der Waals surface area contributed by atoms with Crippen molar-refractivity contribution in [1.29, 1.82) is 0 Å². The number of carbonyl (C=O) groups is 1. The molecule has 0 aliphatic carbocycles. The van der Waals surface area contributed by atoms with Gasteiger partial charge in [-0.25, -0.2) is 4.98 Å². The molecule has 0 radical (unpaired) electrons. The molecule has 0 saturated carbocycles. The van der Waals surface area contributed by atoms with Crippen molar-refractivity contribution in [3.8, 4) is 0 Å². The number of hydrogen-bond acceptors (Lipinski definition) is 2. The van der Waals surface area contributed by atoms with Crippen LogP contribution >= 0.6 is 11.6 Å². The Morgan fingerprint density at radius 2 is 1.78 bits per heavy atom. The lowest BCUT2D eigenvalue weighted by molar-refractivity contribution is 0.0644. The molecule has 3 rings (SSSR count). The predicted octanol–water partition coefficient (Wildman–Crippen LogP) is 4.63. The predicted molar refractivity (Wildman–Crippen MR) is 95.1 cm³/mol. The maximum atomic E-state index is 12.9. The van der Waals surface area contributed by atoms with Crippen LogP contribution < -0.4 is 0 Å². The van der Waals surface area contributed by atoms with Crippen LogP contribution in [0.25, 0.3) is 21.9 Å². The summed E-state index contributed by atoms with van der Waals surface area (Å²) in [5.74, 6) is 0.0492. The number of aromatic nitrogens is 2. The summed E-state index contributed by atoms with van der Waals surface area (Å²) in [5.41, 5.74) is 2.38. The monoisotopic (exact) mass is 329 g/mol. The quantitative estimate of drug-likeness (QED) is 0.712. The van der Waals surface area contributed by atoms with Gasteiger partial charge in [0, 0.05) is 33.9 Å². The third-order valence-corrected chi connectivity index (χ3v) is 4.23. The lowest BCUT2D eigenvalue weighted by Gasteiger charge is -2.30. The van der Waals surface area contributed by atoms with Crippen molar-refractivity contribution in [3.63, 3.8) is 0 Å². The molecule has 0 unspecified atom stereocenters. The molecular weight excluding hydrogens is 310 g/mol.